The molecule has 7 atom stereocenters. The highest BCUT2D eigenvalue weighted by Crippen LogP contribution is 2.64. The molecule has 2 bridgehead atoms. The van der Waals surface area contributed by atoms with Crippen LogP contribution in [0.5, 0.6) is 11.5 Å². The maximum Gasteiger partial charge on any atom is 0.308 e. The predicted molar refractivity (Wildman–Crippen MR) is 194 cm³/mol. The van der Waals surface area contributed by atoms with E-state index in [1.165, 1.54) is 75.0 Å². The molecule has 1 N–H and O–H groups in total. The van der Waals surface area contributed by atoms with Crippen molar-refractivity contribution in [1.29, 1.82) is 0 Å². The molecule has 270 valence electrons. The van der Waals surface area contributed by atoms with Gasteiger partial charge in [-0.3, -0.25) is 14.5 Å². The molecule has 1 saturated heterocycles. The van der Waals surface area contributed by atoms with Crippen molar-refractivity contribution >= 4 is 11.9 Å². The number of aliphatic hydroxyl groups is 1. The van der Waals surface area contributed by atoms with Crippen LogP contribution < -0.4 is 9.47 Å². The molecular weight excluding hydrogens is 624 g/mol. The molecule has 8 rings (SSSR count). The largest absolute Gasteiger partial charge is 0.483 e. The number of unbranched alkanes of at least 4 members (excludes halogenated alkanes) is 4. The zero-order valence-corrected chi connectivity index (χ0v) is 30.2. The minimum atomic E-state index is -0.328. The van der Waals surface area contributed by atoms with Crippen molar-refractivity contribution in [3.63, 3.8) is 0 Å². The number of benzene rings is 2. The van der Waals surface area contributed by atoms with Gasteiger partial charge >= 0.3 is 5.97 Å². The first-order valence-corrected chi connectivity index (χ1v) is 20.2. The Balaban J connectivity index is 1.02. The van der Waals surface area contributed by atoms with Crippen LogP contribution in [-0.4, -0.2) is 70.7 Å². The lowest BCUT2D eigenvalue weighted by molar-refractivity contribution is -0.144. The molecule has 0 radical (unpaired) electrons. The van der Waals surface area contributed by atoms with Gasteiger partial charge in [-0.05, 0) is 99.8 Å². The number of rotatable bonds is 14. The summed E-state index contributed by atoms with van der Waals surface area (Å²) < 4.78 is 13.0. The Labute approximate surface area is 299 Å². The lowest BCUT2D eigenvalue weighted by Crippen LogP contribution is -2.69. The third-order valence-electron chi connectivity index (χ3n) is 13.6. The Morgan fingerprint density at radius 1 is 0.980 bits per heavy atom. The summed E-state index contributed by atoms with van der Waals surface area (Å²) in [5, 5.41) is 10.2. The van der Waals surface area contributed by atoms with E-state index < -0.39 is 0 Å². The minimum absolute atomic E-state index is 0.0209. The molecule has 50 heavy (non-hydrogen) atoms. The summed E-state index contributed by atoms with van der Waals surface area (Å²) >= 11 is 0. The first-order valence-electron chi connectivity index (χ1n) is 20.2. The summed E-state index contributed by atoms with van der Waals surface area (Å²) in [5.74, 6) is 2.67. The third kappa shape index (κ3) is 6.62. The Hall–Kier alpha value is -2.90. The number of carbonyl (C=O) groups excluding carboxylic acids is 2. The lowest BCUT2D eigenvalue weighted by atomic mass is 9.51. The van der Waals surface area contributed by atoms with Crippen molar-refractivity contribution in [3.05, 3.63) is 59.2 Å². The van der Waals surface area contributed by atoms with Gasteiger partial charge in [-0.1, -0.05) is 74.9 Å². The molecule has 3 saturated carbocycles. The topological polar surface area (TPSA) is 79.3 Å². The van der Waals surface area contributed by atoms with Crippen molar-refractivity contribution in [2.45, 2.75) is 146 Å². The number of likely N-dealkylation sites (tertiary alicyclic amines) is 1. The van der Waals surface area contributed by atoms with Crippen LogP contribution in [0.1, 0.15) is 120 Å². The van der Waals surface area contributed by atoms with Crippen molar-refractivity contribution < 1.29 is 24.2 Å². The van der Waals surface area contributed by atoms with Crippen LogP contribution in [0.15, 0.2) is 42.5 Å². The number of hydrogen-bond acceptors (Lipinski definition) is 6. The van der Waals surface area contributed by atoms with Crippen LogP contribution in [0.2, 0.25) is 0 Å². The Morgan fingerprint density at radius 3 is 2.54 bits per heavy atom. The summed E-state index contributed by atoms with van der Waals surface area (Å²) in [4.78, 5) is 31.7. The van der Waals surface area contributed by atoms with E-state index in [0.717, 1.165) is 76.8 Å². The molecule has 4 aliphatic carbocycles. The van der Waals surface area contributed by atoms with Gasteiger partial charge in [0.15, 0.2) is 11.5 Å². The van der Waals surface area contributed by atoms with Crippen LogP contribution in [0.3, 0.4) is 0 Å². The average Bonchev–Trinajstić information content (AvgIpc) is 3.70. The second kappa shape index (κ2) is 14.6. The molecule has 2 heterocycles. The Kier molecular flexibility index (Phi) is 10.00. The molecule has 4 fully saturated rings. The lowest BCUT2D eigenvalue weighted by Gasteiger charge is -2.60. The van der Waals surface area contributed by atoms with Crippen molar-refractivity contribution in [2.75, 3.05) is 19.6 Å². The van der Waals surface area contributed by atoms with Crippen LogP contribution >= 0.6 is 0 Å². The first kappa shape index (κ1) is 34.2. The Morgan fingerprint density at radius 2 is 1.76 bits per heavy atom. The van der Waals surface area contributed by atoms with Gasteiger partial charge in [0.05, 0.1) is 12.1 Å². The fourth-order valence-electron chi connectivity index (χ4n) is 11.1. The number of aliphatic hydroxyl groups excluding tert-OH is 1. The van der Waals surface area contributed by atoms with Crippen molar-refractivity contribution in [1.82, 2.24) is 9.80 Å². The van der Waals surface area contributed by atoms with Gasteiger partial charge < -0.3 is 19.5 Å². The van der Waals surface area contributed by atoms with Crippen LogP contribution in [0, 0.1) is 17.8 Å². The van der Waals surface area contributed by atoms with Gasteiger partial charge in [0.1, 0.15) is 6.10 Å². The van der Waals surface area contributed by atoms with Gasteiger partial charge in [-0.2, -0.15) is 0 Å². The van der Waals surface area contributed by atoms with E-state index in [2.05, 4.69) is 46.2 Å². The van der Waals surface area contributed by atoms with Crippen LogP contribution in [-0.2, 0) is 27.8 Å². The highest BCUT2D eigenvalue weighted by Gasteiger charge is 2.67. The maximum atomic E-state index is 14.5. The summed E-state index contributed by atoms with van der Waals surface area (Å²) in [6.07, 6.45) is 18.3. The average molecular weight is 683 g/mol. The molecule has 1 spiro atoms. The zero-order chi connectivity index (χ0) is 34.2. The molecule has 6 aliphatic rings. The van der Waals surface area contributed by atoms with Gasteiger partial charge in [0.2, 0.25) is 5.91 Å². The summed E-state index contributed by atoms with van der Waals surface area (Å²) in [6, 6.07) is 15.3. The van der Waals surface area contributed by atoms with Gasteiger partial charge in [0.25, 0.3) is 0 Å². The SMILES string of the molecule is CC(=O)Oc1ccc2c3c1O[C@H]1[C@H](N(CC4CCCCC4)C(=O)CCCCCCCc4ccccc4)CC[C@H]4[C@@H](C2)N(CC2CC2O)CC[C@@]341. The Bertz CT molecular complexity index is 1520. The highest BCUT2D eigenvalue weighted by molar-refractivity contribution is 5.77. The molecule has 7 heteroatoms. The number of esters is 1. The van der Waals surface area contributed by atoms with E-state index in [4.69, 9.17) is 9.47 Å². The molecule has 2 unspecified atom stereocenters. The number of hydrogen-bond donors (Lipinski definition) is 1. The van der Waals surface area contributed by atoms with E-state index in [9.17, 15) is 14.7 Å². The second-order valence-electron chi connectivity index (χ2n) is 16.7. The normalized spacial score (nSPS) is 31.1. The van der Waals surface area contributed by atoms with Gasteiger partial charge in [0, 0.05) is 49.4 Å². The van der Waals surface area contributed by atoms with E-state index >= 15 is 0 Å². The monoisotopic (exact) mass is 682 g/mol. The quantitative estimate of drug-likeness (QED) is 0.127. The molecule has 2 aliphatic heterocycles. The minimum Gasteiger partial charge on any atom is -0.483 e. The zero-order valence-electron chi connectivity index (χ0n) is 30.2. The maximum absolute atomic E-state index is 14.5. The molecule has 0 aromatic heterocycles. The number of amides is 1. The van der Waals surface area contributed by atoms with Crippen molar-refractivity contribution in [3.8, 4) is 11.5 Å². The van der Waals surface area contributed by atoms with E-state index in [-0.39, 0.29) is 29.6 Å². The van der Waals surface area contributed by atoms with Crippen molar-refractivity contribution in [2.24, 2.45) is 17.8 Å². The number of aryl methyl sites for hydroxylation is 1. The van der Waals surface area contributed by atoms with Crippen LogP contribution in [0.4, 0.5) is 0 Å². The number of nitrogens with zero attached hydrogens (tertiary/aromatic N) is 2. The fraction of sp³-hybridized carbons (Fsp3) is 0.674. The summed E-state index contributed by atoms with van der Waals surface area (Å²) in [7, 11) is 0. The number of piperidine rings is 1. The molecule has 2 aromatic carbocycles. The van der Waals surface area contributed by atoms with Gasteiger partial charge in [-0.15, -0.1) is 0 Å². The van der Waals surface area contributed by atoms with Crippen LogP contribution in [0.25, 0.3) is 0 Å². The van der Waals surface area contributed by atoms with E-state index in [1.54, 1.807) is 0 Å². The molecule has 7 nitrogen and oxygen atoms in total. The van der Waals surface area contributed by atoms with E-state index in [1.807, 2.05) is 6.07 Å². The molecular formula is C43H58N2O5. The van der Waals surface area contributed by atoms with Gasteiger partial charge in [-0.25, -0.2) is 0 Å². The third-order valence-corrected chi connectivity index (χ3v) is 13.6. The highest BCUT2D eigenvalue weighted by atomic mass is 16.6. The molecule has 1 amide bonds. The predicted octanol–water partition coefficient (Wildman–Crippen LogP) is 7.39. The summed E-state index contributed by atoms with van der Waals surface area (Å²) in [5.41, 5.74) is 3.82. The molecule has 2 aromatic rings. The first-order chi connectivity index (χ1) is 24.4. The number of carbonyl (C=O) groups is 2. The smallest absolute Gasteiger partial charge is 0.308 e. The summed E-state index contributed by atoms with van der Waals surface area (Å²) in [6.45, 7) is 4.26. The fourth-order valence-corrected chi connectivity index (χ4v) is 11.1. The number of ether oxygens (including phenoxy) is 2. The standard InChI is InChI=1S/C43H58N2O5/c1-29(46)49-38-22-19-32-25-36-34-20-21-35(42-43(34,40(32)41(38)50-42)23-24-44(36)28-33-26-37(33)47)45(27-31-16-10-6-11-17-31)39(48)18-12-4-2-3-7-13-30-14-8-5-9-15-30/h5,8-9,14-15,19,22,31,33-37,42,47H,2-4,6-7,10-13,16-18,20-21,23-28H2,1H3/t33?,34-,35+,36+,37?,42-,43-/m0/s1. The van der Waals surface area contributed by atoms with E-state index in [0.29, 0.717) is 41.9 Å². The second-order valence-corrected chi connectivity index (χ2v) is 16.7.